The largest absolute Gasteiger partial charge is 0.300 e. The van der Waals surface area contributed by atoms with E-state index in [4.69, 9.17) is 0 Å². The smallest absolute Gasteiger partial charge is 0.133 e. The third-order valence-electron chi connectivity index (χ3n) is 2.29. The lowest BCUT2D eigenvalue weighted by Gasteiger charge is -2.04. The van der Waals surface area contributed by atoms with Crippen LogP contribution in [0.2, 0.25) is 0 Å². The standard InChI is InChI=1S/C11H18N2O/c1-3-9-13-10(7-8-12-13)5-6-11(14)4-2/h7-8H,3-6,9H2,1-2H3. The zero-order chi connectivity index (χ0) is 10.4. The van der Waals surface area contributed by atoms with Crippen LogP contribution in [0.3, 0.4) is 0 Å². The van der Waals surface area contributed by atoms with Crippen molar-refractivity contribution in [1.82, 2.24) is 9.78 Å². The molecule has 1 heterocycles. The minimum atomic E-state index is 0.328. The quantitative estimate of drug-likeness (QED) is 0.696. The van der Waals surface area contributed by atoms with Gasteiger partial charge in [-0.05, 0) is 18.9 Å². The van der Waals surface area contributed by atoms with E-state index < -0.39 is 0 Å². The highest BCUT2D eigenvalue weighted by atomic mass is 16.1. The molecule has 1 rings (SSSR count). The maximum Gasteiger partial charge on any atom is 0.133 e. The first-order chi connectivity index (χ1) is 6.77. The normalized spacial score (nSPS) is 10.4. The van der Waals surface area contributed by atoms with Gasteiger partial charge in [0, 0.05) is 31.3 Å². The number of carbonyl (C=O) groups is 1. The number of carbonyl (C=O) groups excluding carboxylic acids is 1. The van der Waals surface area contributed by atoms with Gasteiger partial charge in [0.1, 0.15) is 5.78 Å². The van der Waals surface area contributed by atoms with E-state index in [1.54, 1.807) is 6.20 Å². The Morgan fingerprint density at radius 1 is 1.50 bits per heavy atom. The van der Waals surface area contributed by atoms with Crippen LogP contribution in [-0.2, 0) is 17.8 Å². The second kappa shape index (κ2) is 5.58. The number of Topliss-reactive ketones (excluding diaryl/α,β-unsaturated/α-hetero) is 1. The van der Waals surface area contributed by atoms with Crippen LogP contribution in [0, 0.1) is 0 Å². The molecular weight excluding hydrogens is 176 g/mol. The second-order valence-electron chi connectivity index (χ2n) is 3.44. The topological polar surface area (TPSA) is 34.9 Å². The predicted octanol–water partition coefficient (Wildman–Crippen LogP) is 2.20. The van der Waals surface area contributed by atoms with E-state index in [9.17, 15) is 4.79 Å². The van der Waals surface area contributed by atoms with Crippen molar-refractivity contribution in [3.05, 3.63) is 18.0 Å². The molecule has 14 heavy (non-hydrogen) atoms. The zero-order valence-corrected chi connectivity index (χ0v) is 8.99. The molecule has 0 saturated carbocycles. The molecule has 3 nitrogen and oxygen atoms in total. The Kier molecular flexibility index (Phi) is 4.36. The monoisotopic (exact) mass is 194 g/mol. The summed E-state index contributed by atoms with van der Waals surface area (Å²) in [5, 5.41) is 4.22. The van der Waals surface area contributed by atoms with Crippen molar-refractivity contribution in [2.75, 3.05) is 0 Å². The molecule has 0 bridgehead atoms. The molecule has 1 aromatic rings. The van der Waals surface area contributed by atoms with Crippen molar-refractivity contribution in [2.45, 2.75) is 46.1 Å². The van der Waals surface area contributed by atoms with Gasteiger partial charge in [0.25, 0.3) is 0 Å². The van der Waals surface area contributed by atoms with E-state index >= 15 is 0 Å². The van der Waals surface area contributed by atoms with Crippen molar-refractivity contribution in [2.24, 2.45) is 0 Å². The molecule has 0 radical (unpaired) electrons. The average Bonchev–Trinajstić information content (AvgIpc) is 2.62. The molecule has 78 valence electrons. The molecule has 0 N–H and O–H groups in total. The Hall–Kier alpha value is -1.12. The highest BCUT2D eigenvalue weighted by Gasteiger charge is 2.04. The zero-order valence-electron chi connectivity index (χ0n) is 8.99. The van der Waals surface area contributed by atoms with Gasteiger partial charge in [-0.15, -0.1) is 0 Å². The summed E-state index contributed by atoms with van der Waals surface area (Å²) in [5.74, 6) is 0.328. The molecule has 0 saturated heterocycles. The number of rotatable bonds is 6. The van der Waals surface area contributed by atoms with E-state index in [1.165, 1.54) is 5.69 Å². The lowest BCUT2D eigenvalue weighted by molar-refractivity contribution is -0.118. The summed E-state index contributed by atoms with van der Waals surface area (Å²) >= 11 is 0. The minimum Gasteiger partial charge on any atom is -0.300 e. The van der Waals surface area contributed by atoms with Gasteiger partial charge in [-0.3, -0.25) is 9.48 Å². The Balaban J connectivity index is 2.49. The summed E-state index contributed by atoms with van der Waals surface area (Å²) < 4.78 is 1.99. The molecule has 0 aliphatic heterocycles. The Bertz CT molecular complexity index is 291. The fraction of sp³-hybridized carbons (Fsp3) is 0.636. The highest BCUT2D eigenvalue weighted by molar-refractivity contribution is 5.78. The van der Waals surface area contributed by atoms with Gasteiger partial charge >= 0.3 is 0 Å². The Labute approximate surface area is 85.1 Å². The number of aryl methyl sites for hydroxylation is 2. The van der Waals surface area contributed by atoms with Gasteiger partial charge in [-0.2, -0.15) is 5.10 Å². The summed E-state index contributed by atoms with van der Waals surface area (Å²) in [6.07, 6.45) is 5.00. The van der Waals surface area contributed by atoms with Crippen molar-refractivity contribution in [1.29, 1.82) is 0 Å². The van der Waals surface area contributed by atoms with Crippen molar-refractivity contribution < 1.29 is 4.79 Å². The van der Waals surface area contributed by atoms with Crippen LogP contribution in [0.4, 0.5) is 0 Å². The third-order valence-corrected chi connectivity index (χ3v) is 2.29. The van der Waals surface area contributed by atoms with Gasteiger partial charge in [-0.25, -0.2) is 0 Å². The van der Waals surface area contributed by atoms with E-state index in [0.717, 1.165) is 19.4 Å². The number of ketones is 1. The lowest BCUT2D eigenvalue weighted by atomic mass is 10.1. The van der Waals surface area contributed by atoms with Crippen LogP contribution in [0.15, 0.2) is 12.3 Å². The fourth-order valence-corrected chi connectivity index (χ4v) is 1.43. The molecular formula is C11H18N2O. The first-order valence-electron chi connectivity index (χ1n) is 5.30. The minimum absolute atomic E-state index is 0.328. The van der Waals surface area contributed by atoms with Crippen LogP contribution < -0.4 is 0 Å². The first kappa shape index (κ1) is 11.0. The number of aromatic nitrogens is 2. The molecule has 0 amide bonds. The van der Waals surface area contributed by atoms with Gasteiger partial charge < -0.3 is 0 Å². The molecule has 1 aromatic heterocycles. The Morgan fingerprint density at radius 2 is 2.29 bits per heavy atom. The molecule has 0 unspecified atom stereocenters. The van der Waals surface area contributed by atoms with Crippen LogP contribution in [0.25, 0.3) is 0 Å². The van der Waals surface area contributed by atoms with Gasteiger partial charge in [0.2, 0.25) is 0 Å². The number of hydrogen-bond acceptors (Lipinski definition) is 2. The summed E-state index contributed by atoms with van der Waals surface area (Å²) in [7, 11) is 0. The summed E-state index contributed by atoms with van der Waals surface area (Å²) in [5.41, 5.74) is 1.17. The SMILES string of the molecule is CCCn1nccc1CCC(=O)CC. The fourth-order valence-electron chi connectivity index (χ4n) is 1.43. The number of nitrogens with zero attached hydrogens (tertiary/aromatic N) is 2. The van der Waals surface area contributed by atoms with E-state index in [1.807, 2.05) is 17.7 Å². The lowest BCUT2D eigenvalue weighted by Crippen LogP contribution is -2.06. The molecule has 0 aromatic carbocycles. The summed E-state index contributed by atoms with van der Waals surface area (Å²) in [4.78, 5) is 11.1. The van der Waals surface area contributed by atoms with Gasteiger partial charge in [0.05, 0.1) is 0 Å². The predicted molar refractivity (Wildman–Crippen MR) is 56.1 cm³/mol. The maximum atomic E-state index is 11.1. The Morgan fingerprint density at radius 3 is 2.93 bits per heavy atom. The van der Waals surface area contributed by atoms with Crippen LogP contribution in [0.1, 0.15) is 38.8 Å². The van der Waals surface area contributed by atoms with Crippen molar-refractivity contribution >= 4 is 5.78 Å². The molecule has 0 spiro atoms. The molecule has 0 fully saturated rings. The van der Waals surface area contributed by atoms with Crippen LogP contribution >= 0.6 is 0 Å². The summed E-state index contributed by atoms with van der Waals surface area (Å²) in [6, 6.07) is 2.00. The highest BCUT2D eigenvalue weighted by Crippen LogP contribution is 2.05. The van der Waals surface area contributed by atoms with Crippen molar-refractivity contribution in [3.8, 4) is 0 Å². The van der Waals surface area contributed by atoms with Gasteiger partial charge in [-0.1, -0.05) is 13.8 Å². The molecule has 0 aliphatic carbocycles. The third kappa shape index (κ3) is 2.98. The molecule has 0 atom stereocenters. The summed E-state index contributed by atoms with van der Waals surface area (Å²) in [6.45, 7) is 4.98. The number of hydrogen-bond donors (Lipinski definition) is 0. The average molecular weight is 194 g/mol. The maximum absolute atomic E-state index is 11.1. The second-order valence-corrected chi connectivity index (χ2v) is 3.44. The first-order valence-corrected chi connectivity index (χ1v) is 5.30. The van der Waals surface area contributed by atoms with Crippen LogP contribution in [0.5, 0.6) is 0 Å². The molecule has 0 aliphatic rings. The molecule has 3 heteroatoms. The van der Waals surface area contributed by atoms with E-state index in [2.05, 4.69) is 12.0 Å². The van der Waals surface area contributed by atoms with Gasteiger partial charge in [0.15, 0.2) is 0 Å². The van der Waals surface area contributed by atoms with Crippen molar-refractivity contribution in [3.63, 3.8) is 0 Å². The van der Waals surface area contributed by atoms with E-state index in [-0.39, 0.29) is 0 Å². The van der Waals surface area contributed by atoms with E-state index in [0.29, 0.717) is 18.6 Å². The van der Waals surface area contributed by atoms with Crippen LogP contribution in [-0.4, -0.2) is 15.6 Å².